The molecule has 0 aromatic heterocycles. The number of nitrogens with zero attached hydrogens (tertiary/aromatic N) is 1. The van der Waals surface area contributed by atoms with E-state index in [-0.39, 0.29) is 12.1 Å². The molecule has 0 fully saturated rings. The quantitative estimate of drug-likeness (QED) is 0.647. The van der Waals surface area contributed by atoms with Crippen LogP contribution in [0.4, 0.5) is 10.1 Å². The molecule has 8 heteroatoms. The van der Waals surface area contributed by atoms with Crippen molar-refractivity contribution in [1.82, 2.24) is 5.32 Å². The number of nitro benzene ring substituents is 1. The first-order valence-electron chi connectivity index (χ1n) is 6.54. The van der Waals surface area contributed by atoms with Crippen molar-refractivity contribution >= 4 is 23.2 Å². The molecule has 2 aromatic rings. The number of halogens is 2. The third-order valence-electron chi connectivity index (χ3n) is 3.11. The molecular formula is C15H12ClFN2O4. The molecule has 2 rings (SSSR count). The van der Waals surface area contributed by atoms with Gasteiger partial charge in [0.25, 0.3) is 11.6 Å². The lowest BCUT2D eigenvalue weighted by molar-refractivity contribution is -0.385. The fourth-order valence-electron chi connectivity index (χ4n) is 1.94. The summed E-state index contributed by atoms with van der Waals surface area (Å²) in [5.74, 6) is -1.58. The number of rotatable bonds is 5. The molecule has 0 aliphatic heterocycles. The molecule has 0 heterocycles. The van der Waals surface area contributed by atoms with Gasteiger partial charge in [-0.2, -0.15) is 0 Å². The fraction of sp³-hybridized carbons (Fsp3) is 0.133. The van der Waals surface area contributed by atoms with Crippen molar-refractivity contribution in [3.63, 3.8) is 0 Å². The number of nitrogens with one attached hydrogen (secondary N) is 1. The lowest BCUT2D eigenvalue weighted by Crippen LogP contribution is -2.29. The summed E-state index contributed by atoms with van der Waals surface area (Å²) in [6, 6.07) is 9.03. The molecule has 0 bridgehead atoms. The van der Waals surface area contributed by atoms with Crippen molar-refractivity contribution in [2.75, 3.05) is 6.54 Å². The Morgan fingerprint density at radius 1 is 1.30 bits per heavy atom. The highest BCUT2D eigenvalue weighted by Gasteiger charge is 2.21. The highest BCUT2D eigenvalue weighted by atomic mass is 35.5. The zero-order valence-corrected chi connectivity index (χ0v) is 12.5. The summed E-state index contributed by atoms with van der Waals surface area (Å²) in [6.07, 6.45) is -1.00. The summed E-state index contributed by atoms with van der Waals surface area (Å²) < 4.78 is 13.1. The fourth-order valence-corrected chi connectivity index (χ4v) is 2.06. The molecule has 1 unspecified atom stereocenters. The van der Waals surface area contributed by atoms with E-state index in [1.807, 2.05) is 0 Å². The highest BCUT2D eigenvalue weighted by Crippen LogP contribution is 2.20. The van der Waals surface area contributed by atoms with Crippen LogP contribution in [0.3, 0.4) is 0 Å². The van der Waals surface area contributed by atoms with Crippen molar-refractivity contribution in [1.29, 1.82) is 0 Å². The van der Waals surface area contributed by atoms with E-state index in [0.717, 1.165) is 12.1 Å². The van der Waals surface area contributed by atoms with Crippen molar-refractivity contribution in [2.24, 2.45) is 0 Å². The van der Waals surface area contributed by atoms with Crippen LogP contribution in [-0.4, -0.2) is 22.5 Å². The minimum Gasteiger partial charge on any atom is -0.387 e. The van der Waals surface area contributed by atoms with E-state index in [1.54, 1.807) is 24.3 Å². The minimum absolute atomic E-state index is 0.158. The van der Waals surface area contributed by atoms with Gasteiger partial charge >= 0.3 is 0 Å². The summed E-state index contributed by atoms with van der Waals surface area (Å²) in [7, 11) is 0. The van der Waals surface area contributed by atoms with E-state index < -0.39 is 28.4 Å². The lowest BCUT2D eigenvalue weighted by Gasteiger charge is -2.12. The Kier molecular flexibility index (Phi) is 5.25. The molecule has 120 valence electrons. The summed E-state index contributed by atoms with van der Waals surface area (Å²) in [4.78, 5) is 22.0. The van der Waals surface area contributed by atoms with Crippen LogP contribution in [-0.2, 0) is 0 Å². The Hall–Kier alpha value is -2.51. The average Bonchev–Trinajstić information content (AvgIpc) is 2.52. The highest BCUT2D eigenvalue weighted by molar-refractivity contribution is 6.30. The number of benzene rings is 2. The van der Waals surface area contributed by atoms with Crippen LogP contribution >= 0.6 is 11.6 Å². The average molecular weight is 339 g/mol. The van der Waals surface area contributed by atoms with E-state index >= 15 is 0 Å². The molecule has 1 amide bonds. The van der Waals surface area contributed by atoms with Crippen molar-refractivity contribution in [3.8, 4) is 0 Å². The van der Waals surface area contributed by atoms with E-state index in [9.17, 15) is 24.4 Å². The number of hydrogen-bond donors (Lipinski definition) is 2. The maximum absolute atomic E-state index is 13.1. The first kappa shape index (κ1) is 16.9. The van der Waals surface area contributed by atoms with E-state index in [1.165, 1.54) is 0 Å². The summed E-state index contributed by atoms with van der Waals surface area (Å²) >= 11 is 5.74. The molecule has 0 saturated carbocycles. The van der Waals surface area contributed by atoms with Crippen LogP contribution in [0, 0.1) is 15.9 Å². The first-order chi connectivity index (χ1) is 10.9. The van der Waals surface area contributed by atoms with Crippen molar-refractivity contribution in [2.45, 2.75) is 6.10 Å². The Morgan fingerprint density at radius 3 is 2.57 bits per heavy atom. The van der Waals surface area contributed by atoms with Gasteiger partial charge in [-0.05, 0) is 29.8 Å². The van der Waals surface area contributed by atoms with Gasteiger partial charge in [-0.3, -0.25) is 14.9 Å². The molecule has 0 aliphatic rings. The van der Waals surface area contributed by atoms with E-state index in [2.05, 4.69) is 5.32 Å². The minimum atomic E-state index is -1.00. The van der Waals surface area contributed by atoms with Gasteiger partial charge in [0.2, 0.25) is 0 Å². The number of aliphatic hydroxyl groups is 1. The normalized spacial score (nSPS) is 11.8. The van der Waals surface area contributed by atoms with Crippen LogP contribution in [0.25, 0.3) is 0 Å². The maximum atomic E-state index is 13.1. The van der Waals surface area contributed by atoms with Gasteiger partial charge < -0.3 is 10.4 Å². The number of hydrogen-bond acceptors (Lipinski definition) is 4. The third-order valence-corrected chi connectivity index (χ3v) is 3.36. The second-order valence-electron chi connectivity index (χ2n) is 4.70. The summed E-state index contributed by atoms with van der Waals surface area (Å²) in [5.41, 5.74) is -0.383. The third kappa shape index (κ3) is 4.24. The Balaban J connectivity index is 2.08. The Bertz CT molecular complexity index is 737. The number of amides is 1. The Morgan fingerprint density at radius 2 is 1.96 bits per heavy atom. The predicted octanol–water partition coefficient (Wildman–Crippen LogP) is 2.85. The van der Waals surface area contributed by atoms with Crippen LogP contribution in [0.2, 0.25) is 5.02 Å². The largest absolute Gasteiger partial charge is 0.387 e. The molecule has 0 aliphatic carbocycles. The zero-order chi connectivity index (χ0) is 17.0. The van der Waals surface area contributed by atoms with Gasteiger partial charge in [0.15, 0.2) is 0 Å². The van der Waals surface area contributed by atoms with E-state index in [4.69, 9.17) is 11.6 Å². The van der Waals surface area contributed by atoms with E-state index in [0.29, 0.717) is 16.7 Å². The SMILES string of the molecule is O=C(NCC(O)c1ccc(Cl)cc1)c1ccc(F)cc1[N+](=O)[O-]. The topological polar surface area (TPSA) is 92.5 Å². The second kappa shape index (κ2) is 7.17. The number of aliphatic hydroxyl groups excluding tert-OH is 1. The summed E-state index contributed by atoms with van der Waals surface area (Å²) in [6.45, 7) is -0.158. The monoisotopic (exact) mass is 338 g/mol. The Labute approximate surface area is 135 Å². The molecule has 1 atom stereocenters. The molecular weight excluding hydrogens is 327 g/mol. The van der Waals surface area contributed by atoms with Gasteiger partial charge in [-0.1, -0.05) is 23.7 Å². The molecule has 2 N–H and O–H groups in total. The standard InChI is InChI=1S/C15H12ClFN2O4/c16-10-3-1-9(2-4-10)14(20)8-18-15(21)12-6-5-11(17)7-13(12)19(22)23/h1-7,14,20H,8H2,(H,18,21). The lowest BCUT2D eigenvalue weighted by atomic mass is 10.1. The molecule has 0 spiro atoms. The predicted molar refractivity (Wildman–Crippen MR) is 81.8 cm³/mol. The zero-order valence-electron chi connectivity index (χ0n) is 11.7. The summed E-state index contributed by atoms with van der Waals surface area (Å²) in [5, 5.41) is 23.7. The molecule has 6 nitrogen and oxygen atoms in total. The van der Waals surface area contributed by atoms with Crippen molar-refractivity contribution in [3.05, 3.63) is 74.5 Å². The van der Waals surface area contributed by atoms with Crippen molar-refractivity contribution < 1.29 is 19.2 Å². The van der Waals surface area contributed by atoms with Crippen LogP contribution in [0.1, 0.15) is 22.0 Å². The van der Waals surface area contributed by atoms with Gasteiger partial charge in [0.1, 0.15) is 11.4 Å². The number of carbonyl (C=O) groups excluding carboxylic acids is 1. The number of carbonyl (C=O) groups is 1. The van der Waals surface area contributed by atoms with Crippen LogP contribution < -0.4 is 5.32 Å². The molecule has 23 heavy (non-hydrogen) atoms. The second-order valence-corrected chi connectivity index (χ2v) is 5.13. The van der Waals surface area contributed by atoms with Gasteiger partial charge in [-0.25, -0.2) is 4.39 Å². The van der Waals surface area contributed by atoms with Crippen LogP contribution in [0.5, 0.6) is 0 Å². The molecule has 0 saturated heterocycles. The number of nitro groups is 1. The van der Waals surface area contributed by atoms with Crippen LogP contribution in [0.15, 0.2) is 42.5 Å². The van der Waals surface area contributed by atoms with Gasteiger partial charge in [-0.15, -0.1) is 0 Å². The van der Waals surface area contributed by atoms with Gasteiger partial charge in [0.05, 0.1) is 17.1 Å². The maximum Gasteiger partial charge on any atom is 0.285 e. The first-order valence-corrected chi connectivity index (χ1v) is 6.92. The van der Waals surface area contributed by atoms with Gasteiger partial charge in [0, 0.05) is 11.6 Å². The molecule has 0 radical (unpaired) electrons. The molecule has 2 aromatic carbocycles. The smallest absolute Gasteiger partial charge is 0.285 e.